The zero-order valence-corrected chi connectivity index (χ0v) is 16.9. The van der Waals surface area contributed by atoms with Crippen molar-refractivity contribution < 1.29 is 19.2 Å². The first-order valence-electron chi connectivity index (χ1n) is 8.86. The van der Waals surface area contributed by atoms with Gasteiger partial charge in [0, 0.05) is 5.56 Å². The highest BCUT2D eigenvalue weighted by Gasteiger charge is 2.17. The smallest absolute Gasteiger partial charge is 0.275 e. The average molecular weight is 410 g/mol. The van der Waals surface area contributed by atoms with Crippen molar-refractivity contribution in [1.29, 1.82) is 0 Å². The fourth-order valence-electron chi connectivity index (χ4n) is 3.04. The first-order chi connectivity index (χ1) is 12.9. The van der Waals surface area contributed by atoms with Crippen LogP contribution in [0.15, 0.2) is 36.4 Å². The monoisotopic (exact) mass is 409 g/mol. The topological polar surface area (TPSA) is 52.0 Å². The van der Waals surface area contributed by atoms with Gasteiger partial charge < -0.3 is 19.7 Å². The number of carbonyl (C=O) groups excluding carboxylic acids is 1. The highest BCUT2D eigenvalue weighted by Crippen LogP contribution is 2.32. The molecule has 2 aromatic carbocycles. The predicted molar refractivity (Wildman–Crippen MR) is 106 cm³/mol. The number of benzene rings is 2. The molecular weight excluding hydrogens is 387 g/mol. The molecule has 2 aromatic rings. The molecule has 5 nitrogen and oxygen atoms in total. The van der Waals surface area contributed by atoms with E-state index >= 15 is 0 Å². The number of carbonyl (C=O) groups is 1. The molecule has 1 unspecified atom stereocenters. The molecular formula is C20H23Cl2N2O3+. The SMILES string of the molecule is C[C@@H](NC(=O)C[NH+](C)Cc1ccc(Cl)c(Cl)c1)c1ccc2c(c1)OCCO2. The molecule has 27 heavy (non-hydrogen) atoms. The van der Waals surface area contributed by atoms with E-state index in [1.54, 1.807) is 6.07 Å². The summed E-state index contributed by atoms with van der Waals surface area (Å²) in [5.74, 6) is 1.45. The van der Waals surface area contributed by atoms with Crippen LogP contribution in [0.3, 0.4) is 0 Å². The lowest BCUT2D eigenvalue weighted by Gasteiger charge is -2.21. The van der Waals surface area contributed by atoms with Crippen LogP contribution in [-0.2, 0) is 11.3 Å². The molecule has 1 aliphatic rings. The highest BCUT2D eigenvalue weighted by molar-refractivity contribution is 6.42. The Bertz CT molecular complexity index is 829. The van der Waals surface area contributed by atoms with Gasteiger partial charge in [0.25, 0.3) is 5.91 Å². The quantitative estimate of drug-likeness (QED) is 0.770. The van der Waals surface area contributed by atoms with E-state index in [0.717, 1.165) is 27.5 Å². The van der Waals surface area contributed by atoms with Crippen LogP contribution >= 0.6 is 23.2 Å². The molecule has 2 N–H and O–H groups in total. The van der Waals surface area contributed by atoms with Crippen molar-refractivity contribution >= 4 is 29.1 Å². The molecule has 1 aliphatic heterocycles. The minimum Gasteiger partial charge on any atom is -0.486 e. The van der Waals surface area contributed by atoms with E-state index in [2.05, 4.69) is 5.32 Å². The standard InChI is InChI=1S/C20H22Cl2N2O3/c1-13(15-4-6-18-19(10-15)27-8-7-26-18)23-20(25)12-24(2)11-14-3-5-16(21)17(22)9-14/h3-6,9-10,13H,7-8,11-12H2,1-2H3,(H,23,25)/p+1/t13-/m1/s1. The maximum atomic E-state index is 12.4. The van der Waals surface area contributed by atoms with Gasteiger partial charge in [-0.25, -0.2) is 0 Å². The third-order valence-electron chi connectivity index (χ3n) is 4.40. The van der Waals surface area contributed by atoms with Crippen molar-refractivity contribution in [2.24, 2.45) is 0 Å². The van der Waals surface area contributed by atoms with E-state index in [0.29, 0.717) is 36.3 Å². The number of hydrogen-bond acceptors (Lipinski definition) is 3. The van der Waals surface area contributed by atoms with E-state index in [4.69, 9.17) is 32.7 Å². The van der Waals surface area contributed by atoms with Crippen LogP contribution in [0.1, 0.15) is 24.1 Å². The lowest BCUT2D eigenvalue weighted by atomic mass is 10.1. The maximum absolute atomic E-state index is 12.4. The Morgan fingerprint density at radius 3 is 2.59 bits per heavy atom. The summed E-state index contributed by atoms with van der Waals surface area (Å²) in [5, 5.41) is 4.09. The largest absolute Gasteiger partial charge is 0.486 e. The van der Waals surface area contributed by atoms with Crippen LogP contribution in [0, 0.1) is 0 Å². The molecule has 0 aliphatic carbocycles. The van der Waals surface area contributed by atoms with Gasteiger partial charge in [0.15, 0.2) is 18.0 Å². The Hall–Kier alpha value is -1.95. The summed E-state index contributed by atoms with van der Waals surface area (Å²) in [6, 6.07) is 11.2. The Labute approximate surface area is 169 Å². The van der Waals surface area contributed by atoms with Gasteiger partial charge in [0.2, 0.25) is 0 Å². The first kappa shape index (κ1) is 19.8. The zero-order valence-electron chi connectivity index (χ0n) is 15.4. The minimum absolute atomic E-state index is 0.0186. The number of amides is 1. The van der Waals surface area contributed by atoms with Crippen molar-refractivity contribution in [3.63, 3.8) is 0 Å². The van der Waals surface area contributed by atoms with Gasteiger partial charge >= 0.3 is 0 Å². The summed E-state index contributed by atoms with van der Waals surface area (Å²) < 4.78 is 11.1. The van der Waals surface area contributed by atoms with Crippen LogP contribution in [0.25, 0.3) is 0 Å². The highest BCUT2D eigenvalue weighted by atomic mass is 35.5. The van der Waals surface area contributed by atoms with Crippen molar-refractivity contribution in [2.45, 2.75) is 19.5 Å². The number of nitrogens with one attached hydrogen (secondary N) is 2. The summed E-state index contributed by atoms with van der Waals surface area (Å²) in [7, 11) is 1.97. The molecule has 0 fully saturated rings. The molecule has 1 amide bonds. The molecule has 0 saturated carbocycles. The Balaban J connectivity index is 1.54. The van der Waals surface area contributed by atoms with Gasteiger partial charge in [-0.1, -0.05) is 35.3 Å². The van der Waals surface area contributed by atoms with Crippen molar-refractivity contribution in [3.05, 3.63) is 57.6 Å². The number of halogens is 2. The van der Waals surface area contributed by atoms with Gasteiger partial charge in [-0.3, -0.25) is 4.79 Å². The van der Waals surface area contributed by atoms with Crippen LogP contribution in [0.4, 0.5) is 0 Å². The fourth-order valence-corrected chi connectivity index (χ4v) is 3.36. The van der Waals surface area contributed by atoms with E-state index in [-0.39, 0.29) is 11.9 Å². The fraction of sp³-hybridized carbons (Fsp3) is 0.350. The van der Waals surface area contributed by atoms with E-state index in [9.17, 15) is 4.79 Å². The number of ether oxygens (including phenoxy) is 2. The molecule has 0 spiro atoms. The third kappa shape index (κ3) is 5.28. The van der Waals surface area contributed by atoms with Gasteiger partial charge in [0.05, 0.1) is 23.1 Å². The molecule has 144 valence electrons. The first-order valence-corrected chi connectivity index (χ1v) is 9.62. The Kier molecular flexibility index (Phi) is 6.47. The van der Waals surface area contributed by atoms with Gasteiger partial charge in [-0.05, 0) is 36.8 Å². The van der Waals surface area contributed by atoms with Crippen molar-refractivity contribution in [2.75, 3.05) is 26.8 Å². The molecule has 2 atom stereocenters. The molecule has 3 rings (SSSR count). The number of likely N-dealkylation sites (N-methyl/N-ethyl adjacent to an activating group) is 1. The maximum Gasteiger partial charge on any atom is 0.275 e. The summed E-state index contributed by atoms with van der Waals surface area (Å²) in [5.41, 5.74) is 2.02. The summed E-state index contributed by atoms with van der Waals surface area (Å²) in [4.78, 5) is 13.5. The lowest BCUT2D eigenvalue weighted by Crippen LogP contribution is -3.08. The molecule has 1 heterocycles. The van der Waals surface area contributed by atoms with Crippen molar-refractivity contribution in [3.8, 4) is 11.5 Å². The zero-order chi connectivity index (χ0) is 19.4. The van der Waals surface area contributed by atoms with Crippen LogP contribution < -0.4 is 19.7 Å². The van der Waals surface area contributed by atoms with E-state index in [1.165, 1.54) is 0 Å². The molecule has 0 radical (unpaired) electrons. The summed E-state index contributed by atoms with van der Waals surface area (Å²) in [6.45, 7) is 4.10. The second kappa shape index (κ2) is 8.83. The third-order valence-corrected chi connectivity index (χ3v) is 5.14. The number of quaternary nitrogens is 1. The van der Waals surface area contributed by atoms with E-state index < -0.39 is 0 Å². The summed E-state index contributed by atoms with van der Waals surface area (Å²) >= 11 is 12.0. The van der Waals surface area contributed by atoms with Crippen LogP contribution in [-0.4, -0.2) is 32.7 Å². The van der Waals surface area contributed by atoms with Crippen LogP contribution in [0.2, 0.25) is 10.0 Å². The van der Waals surface area contributed by atoms with E-state index in [1.807, 2.05) is 44.3 Å². The summed E-state index contributed by atoms with van der Waals surface area (Å²) in [6.07, 6.45) is 0. The second-order valence-electron chi connectivity index (χ2n) is 6.75. The van der Waals surface area contributed by atoms with Crippen LogP contribution in [0.5, 0.6) is 11.5 Å². The Morgan fingerprint density at radius 2 is 1.85 bits per heavy atom. The second-order valence-corrected chi connectivity index (χ2v) is 7.57. The molecule has 0 bridgehead atoms. The molecule has 0 aromatic heterocycles. The average Bonchev–Trinajstić information content (AvgIpc) is 2.64. The minimum atomic E-state index is -0.119. The lowest BCUT2D eigenvalue weighted by molar-refractivity contribution is -0.885. The number of rotatable bonds is 6. The van der Waals surface area contributed by atoms with Crippen molar-refractivity contribution in [1.82, 2.24) is 5.32 Å². The normalized spacial score (nSPS) is 15.1. The van der Waals surface area contributed by atoms with Gasteiger partial charge in [-0.2, -0.15) is 0 Å². The van der Waals surface area contributed by atoms with Gasteiger partial charge in [-0.15, -0.1) is 0 Å². The number of fused-ring (bicyclic) bond motifs is 1. The predicted octanol–water partition coefficient (Wildman–Crippen LogP) is 2.66. The Morgan fingerprint density at radius 1 is 1.11 bits per heavy atom. The molecule has 0 saturated heterocycles. The van der Waals surface area contributed by atoms with Gasteiger partial charge in [0.1, 0.15) is 19.8 Å². The number of hydrogen-bond donors (Lipinski definition) is 2. The molecule has 7 heteroatoms.